The fourth-order valence-corrected chi connectivity index (χ4v) is 2.53. The van der Waals surface area contributed by atoms with E-state index in [4.69, 9.17) is 11.6 Å². The number of hydrogen-bond acceptors (Lipinski definition) is 2. The van der Waals surface area contributed by atoms with Gasteiger partial charge < -0.3 is 10.0 Å². The van der Waals surface area contributed by atoms with E-state index in [0.717, 1.165) is 25.1 Å². The van der Waals surface area contributed by atoms with Gasteiger partial charge in [0.2, 0.25) is 0 Å². The second-order valence-electron chi connectivity index (χ2n) is 4.78. The molecular weight excluding hydrogens is 286 g/mol. The first-order valence-electron chi connectivity index (χ1n) is 6.99. The van der Waals surface area contributed by atoms with Gasteiger partial charge in [0.15, 0.2) is 0 Å². The van der Waals surface area contributed by atoms with Gasteiger partial charge in [-0.05, 0) is 30.7 Å². The van der Waals surface area contributed by atoms with Gasteiger partial charge in [-0.25, -0.2) is 4.79 Å². The topological polar surface area (TPSA) is 40.5 Å². The fourth-order valence-electron chi connectivity index (χ4n) is 2.26. The van der Waals surface area contributed by atoms with Crippen LogP contribution in [0.3, 0.4) is 0 Å². The number of aromatic carboxylic acids is 1. The first-order chi connectivity index (χ1) is 10.1. The highest BCUT2D eigenvalue weighted by atomic mass is 35.5. The van der Waals surface area contributed by atoms with E-state index in [9.17, 15) is 9.90 Å². The van der Waals surface area contributed by atoms with Crippen molar-refractivity contribution in [2.75, 3.05) is 11.4 Å². The molecule has 0 heterocycles. The van der Waals surface area contributed by atoms with Crippen molar-refractivity contribution in [2.45, 2.75) is 19.8 Å². The average molecular weight is 304 g/mol. The second kappa shape index (κ2) is 7.14. The lowest BCUT2D eigenvalue weighted by atomic mass is 10.1. The van der Waals surface area contributed by atoms with E-state index in [1.54, 1.807) is 18.2 Å². The summed E-state index contributed by atoms with van der Waals surface area (Å²) >= 11 is 6.29. The van der Waals surface area contributed by atoms with Crippen LogP contribution < -0.4 is 4.90 Å². The zero-order chi connectivity index (χ0) is 15.2. The summed E-state index contributed by atoms with van der Waals surface area (Å²) in [6.45, 7) is 2.83. The maximum atomic E-state index is 11.5. The standard InChI is InChI=1S/C17H18ClNO2/c1-2-3-12-19(13-8-5-4-6-9-13)16-14(17(20)21)10-7-11-15(16)18/h4-11H,2-3,12H2,1H3,(H,20,21). The van der Waals surface area contributed by atoms with E-state index in [0.29, 0.717) is 10.7 Å². The lowest BCUT2D eigenvalue weighted by Crippen LogP contribution is -2.21. The number of carboxylic acids is 1. The minimum atomic E-state index is -0.968. The third-order valence-electron chi connectivity index (χ3n) is 3.29. The number of unbranched alkanes of at least 4 members (excludes halogenated alkanes) is 1. The van der Waals surface area contributed by atoms with Crippen LogP contribution >= 0.6 is 11.6 Å². The Bertz CT molecular complexity index is 613. The Balaban J connectivity index is 2.54. The predicted octanol–water partition coefficient (Wildman–Crippen LogP) is 4.98. The number of halogens is 1. The van der Waals surface area contributed by atoms with E-state index in [1.165, 1.54) is 0 Å². The van der Waals surface area contributed by atoms with E-state index in [-0.39, 0.29) is 5.56 Å². The average Bonchev–Trinajstić information content (AvgIpc) is 2.49. The van der Waals surface area contributed by atoms with Crippen LogP contribution in [-0.2, 0) is 0 Å². The van der Waals surface area contributed by atoms with Gasteiger partial charge in [-0.3, -0.25) is 0 Å². The monoisotopic (exact) mass is 303 g/mol. The highest BCUT2D eigenvalue weighted by Crippen LogP contribution is 2.35. The van der Waals surface area contributed by atoms with Gasteiger partial charge in [-0.1, -0.05) is 49.2 Å². The van der Waals surface area contributed by atoms with Gasteiger partial charge in [0.25, 0.3) is 0 Å². The van der Waals surface area contributed by atoms with Crippen LogP contribution in [0.2, 0.25) is 5.02 Å². The highest BCUT2D eigenvalue weighted by molar-refractivity contribution is 6.34. The Kier molecular flexibility index (Phi) is 5.23. The Hall–Kier alpha value is -2.00. The van der Waals surface area contributed by atoms with Crippen molar-refractivity contribution in [3.63, 3.8) is 0 Å². The summed E-state index contributed by atoms with van der Waals surface area (Å²) in [6.07, 6.45) is 1.98. The Morgan fingerprint density at radius 2 is 1.86 bits per heavy atom. The molecule has 110 valence electrons. The molecule has 4 heteroatoms. The molecule has 0 unspecified atom stereocenters. The summed E-state index contributed by atoms with van der Waals surface area (Å²) < 4.78 is 0. The molecule has 2 aromatic rings. The van der Waals surface area contributed by atoms with Crippen LogP contribution in [0.1, 0.15) is 30.1 Å². The minimum Gasteiger partial charge on any atom is -0.478 e. The van der Waals surface area contributed by atoms with Crippen LogP contribution in [-0.4, -0.2) is 17.6 Å². The molecule has 0 atom stereocenters. The van der Waals surface area contributed by atoms with Crippen LogP contribution in [0.15, 0.2) is 48.5 Å². The highest BCUT2D eigenvalue weighted by Gasteiger charge is 2.20. The molecular formula is C17H18ClNO2. The number of para-hydroxylation sites is 2. The summed E-state index contributed by atoms with van der Waals surface area (Å²) in [5, 5.41) is 9.88. The smallest absolute Gasteiger partial charge is 0.337 e. The van der Waals surface area contributed by atoms with E-state index < -0.39 is 5.97 Å². The van der Waals surface area contributed by atoms with Crippen LogP contribution in [0.5, 0.6) is 0 Å². The first kappa shape index (κ1) is 15.4. The van der Waals surface area contributed by atoms with Crippen molar-refractivity contribution < 1.29 is 9.90 Å². The van der Waals surface area contributed by atoms with Crippen molar-refractivity contribution in [2.24, 2.45) is 0 Å². The molecule has 0 aliphatic rings. The molecule has 0 saturated heterocycles. The summed E-state index contributed by atoms with van der Waals surface area (Å²) in [7, 11) is 0. The fraction of sp³-hybridized carbons (Fsp3) is 0.235. The summed E-state index contributed by atoms with van der Waals surface area (Å²) in [5.74, 6) is -0.968. The summed E-state index contributed by atoms with van der Waals surface area (Å²) in [5.41, 5.74) is 1.73. The van der Waals surface area contributed by atoms with Gasteiger partial charge in [0.1, 0.15) is 0 Å². The largest absolute Gasteiger partial charge is 0.478 e. The molecule has 1 N–H and O–H groups in total. The number of hydrogen-bond donors (Lipinski definition) is 1. The van der Waals surface area contributed by atoms with Crippen LogP contribution in [0.25, 0.3) is 0 Å². The molecule has 0 fully saturated rings. The molecule has 0 aliphatic carbocycles. The number of carbonyl (C=O) groups is 1. The van der Waals surface area contributed by atoms with Crippen molar-refractivity contribution in [3.05, 3.63) is 59.1 Å². The zero-order valence-corrected chi connectivity index (χ0v) is 12.7. The lowest BCUT2D eigenvalue weighted by Gasteiger charge is -2.27. The first-order valence-corrected chi connectivity index (χ1v) is 7.37. The van der Waals surface area contributed by atoms with Gasteiger partial charge in [0.05, 0.1) is 16.3 Å². The predicted molar refractivity (Wildman–Crippen MR) is 86.8 cm³/mol. The Morgan fingerprint density at radius 3 is 2.48 bits per heavy atom. The van der Waals surface area contributed by atoms with Gasteiger partial charge in [-0.15, -0.1) is 0 Å². The molecule has 0 radical (unpaired) electrons. The third kappa shape index (κ3) is 3.56. The van der Waals surface area contributed by atoms with Gasteiger partial charge in [-0.2, -0.15) is 0 Å². The quantitative estimate of drug-likeness (QED) is 0.818. The Labute approximate surface area is 129 Å². The molecule has 0 amide bonds. The van der Waals surface area contributed by atoms with Gasteiger partial charge in [0, 0.05) is 12.2 Å². The number of benzene rings is 2. The summed E-state index contributed by atoms with van der Waals surface area (Å²) in [6, 6.07) is 14.7. The number of rotatable bonds is 6. The molecule has 0 spiro atoms. The summed E-state index contributed by atoms with van der Waals surface area (Å²) in [4.78, 5) is 13.5. The van der Waals surface area contributed by atoms with E-state index in [1.807, 2.05) is 35.2 Å². The van der Waals surface area contributed by atoms with Crippen molar-refractivity contribution >= 4 is 28.9 Å². The van der Waals surface area contributed by atoms with Crippen LogP contribution in [0.4, 0.5) is 11.4 Å². The van der Waals surface area contributed by atoms with E-state index >= 15 is 0 Å². The molecule has 3 nitrogen and oxygen atoms in total. The van der Waals surface area contributed by atoms with Crippen molar-refractivity contribution in [1.82, 2.24) is 0 Å². The zero-order valence-electron chi connectivity index (χ0n) is 11.9. The van der Waals surface area contributed by atoms with Crippen molar-refractivity contribution in [3.8, 4) is 0 Å². The maximum absolute atomic E-state index is 11.5. The normalized spacial score (nSPS) is 10.4. The number of carboxylic acid groups (broad SMARTS) is 1. The van der Waals surface area contributed by atoms with E-state index in [2.05, 4.69) is 6.92 Å². The van der Waals surface area contributed by atoms with Gasteiger partial charge >= 0.3 is 5.97 Å². The number of nitrogens with zero attached hydrogens (tertiary/aromatic N) is 1. The number of anilines is 2. The maximum Gasteiger partial charge on any atom is 0.337 e. The third-order valence-corrected chi connectivity index (χ3v) is 3.60. The van der Waals surface area contributed by atoms with Crippen molar-refractivity contribution in [1.29, 1.82) is 0 Å². The molecule has 2 rings (SSSR count). The molecule has 0 saturated carbocycles. The second-order valence-corrected chi connectivity index (χ2v) is 5.19. The Morgan fingerprint density at radius 1 is 1.14 bits per heavy atom. The van der Waals surface area contributed by atoms with Crippen LogP contribution in [0, 0.1) is 0 Å². The molecule has 2 aromatic carbocycles. The molecule has 0 aliphatic heterocycles. The lowest BCUT2D eigenvalue weighted by molar-refractivity contribution is 0.0697. The minimum absolute atomic E-state index is 0.224. The molecule has 0 aromatic heterocycles. The molecule has 0 bridgehead atoms. The SMILES string of the molecule is CCCCN(c1ccccc1)c1c(Cl)cccc1C(=O)O. The molecule has 21 heavy (non-hydrogen) atoms.